The summed E-state index contributed by atoms with van der Waals surface area (Å²) in [7, 11) is 0. The van der Waals surface area contributed by atoms with Crippen molar-refractivity contribution in [2.24, 2.45) is 4.99 Å². The third kappa shape index (κ3) is 4.64. The highest BCUT2D eigenvalue weighted by Gasteiger charge is 2.26. The summed E-state index contributed by atoms with van der Waals surface area (Å²) in [5.41, 5.74) is 14.1. The van der Waals surface area contributed by atoms with Gasteiger partial charge in [0.15, 0.2) is 0 Å². The van der Waals surface area contributed by atoms with E-state index < -0.39 is 0 Å². The molecule has 1 aliphatic carbocycles. The van der Waals surface area contributed by atoms with Crippen LogP contribution in [0.2, 0.25) is 0 Å². The molecule has 6 aromatic carbocycles. The normalized spacial score (nSPS) is 15.6. The molecule has 0 amide bonds. The van der Waals surface area contributed by atoms with Crippen LogP contribution in [0, 0.1) is 0 Å². The van der Waals surface area contributed by atoms with Crippen molar-refractivity contribution in [1.82, 2.24) is 14.5 Å². The average molecular weight is 643 g/mol. The predicted octanol–water partition coefficient (Wildman–Crippen LogP) is 11.0. The van der Waals surface area contributed by atoms with Crippen LogP contribution in [0.4, 0.5) is 0 Å². The van der Waals surface area contributed by atoms with E-state index in [4.69, 9.17) is 4.99 Å². The summed E-state index contributed by atoms with van der Waals surface area (Å²) >= 11 is 0. The molecule has 0 saturated heterocycles. The number of rotatable bonds is 5. The first-order valence-corrected chi connectivity index (χ1v) is 17.4. The molecular weight excluding hydrogens is 609 g/mol. The summed E-state index contributed by atoms with van der Waals surface area (Å²) in [5, 5.41) is 7.62. The van der Waals surface area contributed by atoms with Gasteiger partial charge in [0.1, 0.15) is 0 Å². The lowest BCUT2D eigenvalue weighted by molar-refractivity contribution is 0.479. The van der Waals surface area contributed by atoms with Crippen molar-refractivity contribution in [3.05, 3.63) is 186 Å². The zero-order chi connectivity index (χ0) is 33.0. The Morgan fingerprint density at radius 3 is 2.06 bits per heavy atom. The fraction of sp³-hybridized carbons (Fsp3) is 0.0652. The van der Waals surface area contributed by atoms with E-state index in [1.54, 1.807) is 0 Å². The number of nitrogens with one attached hydrogen (secondary N) is 1. The van der Waals surface area contributed by atoms with Crippen molar-refractivity contribution >= 4 is 50.2 Å². The van der Waals surface area contributed by atoms with Gasteiger partial charge in [0.05, 0.1) is 22.3 Å². The molecule has 2 aromatic heterocycles. The number of hydrogen-bond donors (Lipinski definition) is 1. The third-order valence-corrected chi connectivity index (χ3v) is 10.2. The molecule has 1 unspecified atom stereocenters. The Balaban J connectivity index is 1.15. The Morgan fingerprint density at radius 2 is 1.24 bits per heavy atom. The van der Waals surface area contributed by atoms with E-state index >= 15 is 0 Å². The molecule has 238 valence electrons. The van der Waals surface area contributed by atoms with Gasteiger partial charge in [-0.1, -0.05) is 127 Å². The summed E-state index contributed by atoms with van der Waals surface area (Å²) in [5.74, 6) is 0. The van der Waals surface area contributed by atoms with Gasteiger partial charge in [-0.15, -0.1) is 0 Å². The van der Waals surface area contributed by atoms with Gasteiger partial charge in [-0.3, -0.25) is 0 Å². The maximum absolute atomic E-state index is 5.40. The topological polar surface area (TPSA) is 34.2 Å². The van der Waals surface area contributed by atoms with E-state index in [-0.39, 0.29) is 6.29 Å². The Morgan fingerprint density at radius 1 is 0.560 bits per heavy atom. The van der Waals surface area contributed by atoms with Crippen molar-refractivity contribution in [1.29, 1.82) is 0 Å². The molecule has 0 saturated carbocycles. The van der Waals surface area contributed by atoms with Gasteiger partial charge in [0.25, 0.3) is 0 Å². The van der Waals surface area contributed by atoms with Crippen LogP contribution >= 0.6 is 0 Å². The standard InChI is InChI=1S/C46H34N4/c1-4-14-31(15-5-1)40-30-41(32-16-6-2-7-17-32)48-46(47-40)50-43-23-13-10-20-36(43)38-26-24-34(29-45(38)50)33-25-27-44-39(28-33)37-21-11-12-22-42(37)49(44)35-18-8-3-9-19-35/h1-12,14-22,24-30,46-47H,13,23H2. The van der Waals surface area contributed by atoms with Crippen LogP contribution in [0.25, 0.3) is 61.3 Å². The fourth-order valence-electron chi connectivity index (χ4n) is 7.91. The van der Waals surface area contributed by atoms with Crippen molar-refractivity contribution in [3.8, 4) is 16.8 Å². The highest BCUT2D eigenvalue weighted by Crippen LogP contribution is 2.39. The summed E-state index contributed by atoms with van der Waals surface area (Å²) in [6.45, 7) is 0. The van der Waals surface area contributed by atoms with Gasteiger partial charge in [-0.2, -0.15) is 0 Å². The molecule has 2 aliphatic rings. The highest BCUT2D eigenvalue weighted by molar-refractivity contribution is 6.13. The van der Waals surface area contributed by atoms with Crippen LogP contribution in [-0.2, 0) is 6.42 Å². The molecule has 0 bridgehead atoms. The molecule has 10 rings (SSSR count). The maximum Gasteiger partial charge on any atom is 0.201 e. The molecule has 1 N–H and O–H groups in total. The van der Waals surface area contributed by atoms with Crippen molar-refractivity contribution in [2.75, 3.05) is 0 Å². The Kier molecular flexibility index (Phi) is 6.66. The monoisotopic (exact) mass is 642 g/mol. The van der Waals surface area contributed by atoms with E-state index in [0.29, 0.717) is 0 Å². The summed E-state index contributed by atoms with van der Waals surface area (Å²) in [6.07, 6.45) is 8.48. The molecule has 0 radical (unpaired) electrons. The highest BCUT2D eigenvalue weighted by atomic mass is 15.3. The van der Waals surface area contributed by atoms with Crippen LogP contribution in [0.5, 0.6) is 0 Å². The minimum Gasteiger partial charge on any atom is -0.346 e. The zero-order valence-electron chi connectivity index (χ0n) is 27.5. The lowest BCUT2D eigenvalue weighted by Crippen LogP contribution is -2.30. The lowest BCUT2D eigenvalue weighted by Gasteiger charge is -2.28. The predicted molar refractivity (Wildman–Crippen MR) is 209 cm³/mol. The summed E-state index contributed by atoms with van der Waals surface area (Å²) < 4.78 is 4.83. The van der Waals surface area contributed by atoms with E-state index in [0.717, 1.165) is 35.4 Å². The van der Waals surface area contributed by atoms with Gasteiger partial charge in [-0.05, 0) is 77.6 Å². The Labute approximate surface area is 291 Å². The molecule has 1 atom stereocenters. The van der Waals surface area contributed by atoms with Gasteiger partial charge < -0.3 is 14.5 Å². The minimum atomic E-state index is -0.301. The smallest absolute Gasteiger partial charge is 0.201 e. The van der Waals surface area contributed by atoms with Gasteiger partial charge in [0.2, 0.25) is 6.29 Å². The third-order valence-electron chi connectivity index (χ3n) is 10.2. The quantitative estimate of drug-likeness (QED) is 0.199. The van der Waals surface area contributed by atoms with Crippen LogP contribution in [0.1, 0.15) is 35.1 Å². The number of hydrogen-bond acceptors (Lipinski definition) is 2. The second-order valence-corrected chi connectivity index (χ2v) is 13.1. The molecule has 4 heteroatoms. The number of allylic oxidation sites excluding steroid dienone is 2. The second-order valence-electron chi connectivity index (χ2n) is 13.1. The SMILES string of the molecule is C1=Cc2c(n(C3N=C(c4ccccc4)C=C(c4ccccc4)N3)c3cc(-c4ccc5c(c4)c4ccccc4n5-c4ccccc4)ccc23)CC1. The van der Waals surface area contributed by atoms with Crippen LogP contribution in [0.3, 0.4) is 0 Å². The van der Waals surface area contributed by atoms with Crippen molar-refractivity contribution < 1.29 is 0 Å². The number of para-hydroxylation sites is 2. The first-order chi connectivity index (χ1) is 24.8. The average Bonchev–Trinajstić information content (AvgIpc) is 3.71. The van der Waals surface area contributed by atoms with Gasteiger partial charge in [0, 0.05) is 38.8 Å². The summed E-state index contributed by atoms with van der Waals surface area (Å²) in [4.78, 5) is 5.40. The molecule has 0 fully saturated rings. The molecule has 8 aromatic rings. The van der Waals surface area contributed by atoms with Crippen LogP contribution < -0.4 is 5.32 Å². The second kappa shape index (κ2) is 11.6. The zero-order valence-corrected chi connectivity index (χ0v) is 27.5. The lowest BCUT2D eigenvalue weighted by atomic mass is 9.99. The molecule has 1 aliphatic heterocycles. The van der Waals surface area contributed by atoms with Crippen LogP contribution in [0.15, 0.2) is 169 Å². The molecule has 50 heavy (non-hydrogen) atoms. The largest absolute Gasteiger partial charge is 0.346 e. The van der Waals surface area contributed by atoms with Crippen molar-refractivity contribution in [2.45, 2.75) is 19.1 Å². The maximum atomic E-state index is 5.40. The number of fused-ring (bicyclic) bond motifs is 6. The molecule has 0 spiro atoms. The molecular formula is C46H34N4. The van der Waals surface area contributed by atoms with Gasteiger partial charge in [-0.25, -0.2) is 4.99 Å². The molecule has 4 nitrogen and oxygen atoms in total. The number of nitrogens with zero attached hydrogens (tertiary/aromatic N) is 3. The number of aliphatic imine (C=N–C) groups is 1. The van der Waals surface area contributed by atoms with E-state index in [1.807, 2.05) is 0 Å². The van der Waals surface area contributed by atoms with E-state index in [2.05, 4.69) is 184 Å². The number of benzene rings is 6. The summed E-state index contributed by atoms with van der Waals surface area (Å²) in [6, 6.07) is 54.4. The Bertz CT molecular complexity index is 2660. The van der Waals surface area contributed by atoms with Crippen LogP contribution in [-0.4, -0.2) is 14.8 Å². The van der Waals surface area contributed by atoms with E-state index in [9.17, 15) is 0 Å². The minimum absolute atomic E-state index is 0.301. The van der Waals surface area contributed by atoms with E-state index in [1.165, 1.54) is 60.8 Å². The first kappa shape index (κ1) is 28.6. The first-order valence-electron chi connectivity index (χ1n) is 17.4. The van der Waals surface area contributed by atoms with Gasteiger partial charge >= 0.3 is 0 Å². The Hall–Kier alpha value is -6.39. The molecule has 3 heterocycles. The van der Waals surface area contributed by atoms with Crippen molar-refractivity contribution in [3.63, 3.8) is 0 Å². The number of aromatic nitrogens is 2. The fourth-order valence-corrected chi connectivity index (χ4v) is 7.91.